The Morgan fingerprint density at radius 1 is 1.05 bits per heavy atom. The molecule has 0 heterocycles. The van der Waals surface area contributed by atoms with Crippen molar-refractivity contribution in [3.8, 4) is 0 Å². The highest BCUT2D eigenvalue weighted by atomic mass is 79.9. The largest absolute Gasteiger partial charge is 0.424 e. The molecule has 1 aromatic carbocycles. The van der Waals surface area contributed by atoms with Crippen LogP contribution in [0.25, 0.3) is 5.57 Å². The van der Waals surface area contributed by atoms with Crippen LogP contribution in [0.1, 0.15) is 12.0 Å². The molecule has 0 spiro atoms. The third kappa shape index (κ3) is 5.53. The van der Waals surface area contributed by atoms with E-state index in [1.165, 1.54) is 12.1 Å². The van der Waals surface area contributed by atoms with Gasteiger partial charge in [0.1, 0.15) is 5.57 Å². The van der Waals surface area contributed by atoms with E-state index in [-0.39, 0.29) is 5.56 Å². The average molecular weight is 345 g/mol. The van der Waals surface area contributed by atoms with Crippen molar-refractivity contribution in [3.05, 3.63) is 46.1 Å². The van der Waals surface area contributed by atoms with Crippen molar-refractivity contribution < 1.29 is 26.3 Å². The summed E-state index contributed by atoms with van der Waals surface area (Å²) in [6, 6.07) is 5.04. The minimum absolute atomic E-state index is 0.242. The minimum atomic E-state index is -4.77. The molecule has 0 nitrogen and oxygen atoms in total. The summed E-state index contributed by atoms with van der Waals surface area (Å²) in [6.07, 6.45) is -10.4. The van der Waals surface area contributed by atoms with Gasteiger partial charge in [0.25, 0.3) is 0 Å². The summed E-state index contributed by atoms with van der Waals surface area (Å²) in [6.45, 7) is 0. The van der Waals surface area contributed by atoms with E-state index >= 15 is 0 Å². The summed E-state index contributed by atoms with van der Waals surface area (Å²) in [7, 11) is 0. The van der Waals surface area contributed by atoms with E-state index in [2.05, 4.69) is 15.9 Å². The van der Waals surface area contributed by atoms with Gasteiger partial charge in [-0.1, -0.05) is 28.1 Å². The van der Waals surface area contributed by atoms with E-state index in [9.17, 15) is 26.3 Å². The Hall–Kier alpha value is -1.20. The Balaban J connectivity index is 3.16. The first-order chi connectivity index (χ1) is 8.59. The van der Waals surface area contributed by atoms with Gasteiger partial charge in [-0.15, -0.1) is 5.73 Å². The van der Waals surface area contributed by atoms with Crippen LogP contribution in [0.3, 0.4) is 0 Å². The molecule has 0 saturated carbocycles. The summed E-state index contributed by atoms with van der Waals surface area (Å²) in [5.74, 6) is 0. The molecule has 0 unspecified atom stereocenters. The van der Waals surface area contributed by atoms with E-state index in [0.29, 0.717) is 10.5 Å². The number of halogens is 7. The zero-order valence-corrected chi connectivity index (χ0v) is 10.8. The van der Waals surface area contributed by atoms with Crippen molar-refractivity contribution in [2.24, 2.45) is 0 Å². The molecule has 0 atom stereocenters. The molecule has 0 amide bonds. The molecule has 1 aromatic rings. The molecule has 0 aliphatic heterocycles. The van der Waals surface area contributed by atoms with Crippen LogP contribution in [0, 0.1) is 0 Å². The van der Waals surface area contributed by atoms with Crippen molar-refractivity contribution in [1.82, 2.24) is 0 Å². The second-order valence-corrected chi connectivity index (χ2v) is 4.46. The van der Waals surface area contributed by atoms with Crippen molar-refractivity contribution in [2.45, 2.75) is 18.8 Å². The fourth-order valence-electron chi connectivity index (χ4n) is 1.21. The molecule has 0 bridgehead atoms. The normalized spacial score (nSPS) is 11.9. The maximum Gasteiger partial charge on any atom is 0.424 e. The van der Waals surface area contributed by atoms with Crippen LogP contribution in [-0.4, -0.2) is 12.4 Å². The van der Waals surface area contributed by atoms with Gasteiger partial charge >= 0.3 is 12.4 Å². The van der Waals surface area contributed by atoms with Crippen LogP contribution in [0.2, 0.25) is 0 Å². The van der Waals surface area contributed by atoms with Gasteiger partial charge in [-0.25, -0.2) is 0 Å². The van der Waals surface area contributed by atoms with Gasteiger partial charge in [0.15, 0.2) is 0 Å². The molecule has 1 rings (SSSR count). The van der Waals surface area contributed by atoms with Crippen molar-refractivity contribution in [3.63, 3.8) is 0 Å². The first-order valence-electron chi connectivity index (χ1n) is 4.94. The summed E-state index contributed by atoms with van der Waals surface area (Å²) >= 11 is 3.06. The van der Waals surface area contributed by atoms with Crippen LogP contribution in [-0.2, 0) is 0 Å². The lowest BCUT2D eigenvalue weighted by Crippen LogP contribution is -2.10. The quantitative estimate of drug-likeness (QED) is 0.490. The lowest BCUT2D eigenvalue weighted by molar-refractivity contribution is -0.125. The Bertz CT molecular complexity index is 488. The third-order valence-electron chi connectivity index (χ3n) is 2.00. The van der Waals surface area contributed by atoms with Gasteiger partial charge < -0.3 is 0 Å². The summed E-state index contributed by atoms with van der Waals surface area (Å²) < 4.78 is 74.4. The molecular weight excluding hydrogens is 338 g/mol. The van der Waals surface area contributed by atoms with E-state index in [4.69, 9.17) is 0 Å². The van der Waals surface area contributed by atoms with E-state index in [1.54, 1.807) is 5.73 Å². The van der Waals surface area contributed by atoms with E-state index in [1.807, 2.05) is 0 Å². The average Bonchev–Trinajstić information content (AvgIpc) is 2.23. The predicted molar refractivity (Wildman–Crippen MR) is 62.4 cm³/mol. The van der Waals surface area contributed by atoms with Gasteiger partial charge in [-0.2, -0.15) is 26.3 Å². The van der Waals surface area contributed by atoms with Gasteiger partial charge in [-0.3, -0.25) is 0 Å². The topological polar surface area (TPSA) is 0 Å². The molecule has 19 heavy (non-hydrogen) atoms. The van der Waals surface area contributed by atoms with Crippen molar-refractivity contribution in [2.75, 3.05) is 0 Å². The molecule has 0 N–H and O–H groups in total. The molecule has 0 aliphatic rings. The standard InChI is InChI=1S/C12H7BrF6/c13-9-5-3-8(4-6-9)10(12(17,18)19)2-1-7-11(14,15)16/h1,3-6H,7H2. The number of allylic oxidation sites excluding steroid dienone is 1. The molecule has 104 valence electrons. The van der Waals surface area contributed by atoms with Crippen LogP contribution in [0.4, 0.5) is 26.3 Å². The Labute approximate surface area is 113 Å². The van der Waals surface area contributed by atoms with Crippen LogP contribution < -0.4 is 0 Å². The molecule has 0 radical (unpaired) electrons. The number of hydrogen-bond donors (Lipinski definition) is 0. The molecule has 0 aliphatic carbocycles. The van der Waals surface area contributed by atoms with Crippen LogP contribution in [0.15, 0.2) is 40.5 Å². The number of rotatable bonds is 2. The Morgan fingerprint density at radius 3 is 2.00 bits per heavy atom. The van der Waals surface area contributed by atoms with Crippen LogP contribution >= 0.6 is 15.9 Å². The second kappa shape index (κ2) is 5.84. The maximum absolute atomic E-state index is 12.7. The zero-order valence-electron chi connectivity index (χ0n) is 9.24. The first kappa shape index (κ1) is 15.9. The second-order valence-electron chi connectivity index (χ2n) is 3.55. The van der Waals surface area contributed by atoms with E-state index in [0.717, 1.165) is 12.1 Å². The molecule has 0 aromatic heterocycles. The van der Waals surface area contributed by atoms with Gasteiger partial charge in [0.2, 0.25) is 0 Å². The molecule has 7 heteroatoms. The van der Waals surface area contributed by atoms with Gasteiger partial charge in [-0.05, 0) is 23.8 Å². The van der Waals surface area contributed by atoms with Crippen molar-refractivity contribution >= 4 is 21.5 Å². The van der Waals surface area contributed by atoms with E-state index < -0.39 is 24.3 Å². The van der Waals surface area contributed by atoms with Gasteiger partial charge in [0.05, 0.1) is 6.42 Å². The molecule has 0 fully saturated rings. The van der Waals surface area contributed by atoms with Gasteiger partial charge in [0, 0.05) is 4.47 Å². The SMILES string of the molecule is FC(F)(F)CC=C=C(c1ccc(Br)cc1)C(F)(F)F. The Kier molecular flexibility index (Phi) is 4.87. The summed E-state index contributed by atoms with van der Waals surface area (Å²) in [5.41, 5.74) is 0.210. The maximum atomic E-state index is 12.7. The fourth-order valence-corrected chi connectivity index (χ4v) is 1.48. The Morgan fingerprint density at radius 2 is 1.58 bits per heavy atom. The number of hydrogen-bond acceptors (Lipinski definition) is 0. The molecule has 0 saturated heterocycles. The summed E-state index contributed by atoms with van der Waals surface area (Å²) in [5, 5.41) is 0. The lowest BCUT2D eigenvalue weighted by Gasteiger charge is -2.09. The monoisotopic (exact) mass is 344 g/mol. The fraction of sp³-hybridized carbons (Fsp3) is 0.250. The smallest absolute Gasteiger partial charge is 0.171 e. The highest BCUT2D eigenvalue weighted by Gasteiger charge is 2.35. The number of alkyl halides is 6. The van der Waals surface area contributed by atoms with Crippen LogP contribution in [0.5, 0.6) is 0 Å². The van der Waals surface area contributed by atoms with Crippen molar-refractivity contribution in [1.29, 1.82) is 0 Å². The highest BCUT2D eigenvalue weighted by Crippen LogP contribution is 2.33. The summed E-state index contributed by atoms with van der Waals surface area (Å²) in [4.78, 5) is 0. The third-order valence-corrected chi connectivity index (χ3v) is 2.52. The first-order valence-corrected chi connectivity index (χ1v) is 5.74. The number of benzene rings is 1. The highest BCUT2D eigenvalue weighted by molar-refractivity contribution is 9.10. The zero-order chi connectivity index (χ0) is 14.7. The minimum Gasteiger partial charge on any atom is -0.171 e. The lowest BCUT2D eigenvalue weighted by atomic mass is 10.1. The molecular formula is C12H7BrF6. The predicted octanol–water partition coefficient (Wildman–Crippen LogP) is 5.50.